The molecule has 12 heterocycles. The number of halogens is 20. The third-order valence-corrected chi connectivity index (χ3v) is 20.1. The van der Waals surface area contributed by atoms with E-state index in [1.807, 2.05) is 161 Å². The van der Waals surface area contributed by atoms with Crippen molar-refractivity contribution in [2.24, 2.45) is 20.4 Å². The average Bonchev–Trinajstić information content (AvgIpc) is 1.64. The van der Waals surface area contributed by atoms with Crippen LogP contribution in [0.4, 0.5) is 133 Å². The van der Waals surface area contributed by atoms with E-state index in [4.69, 9.17) is 0 Å². The van der Waals surface area contributed by atoms with Crippen LogP contribution >= 0.6 is 0 Å². The van der Waals surface area contributed by atoms with Gasteiger partial charge in [0.2, 0.25) is 0 Å². The van der Waals surface area contributed by atoms with Gasteiger partial charge in [0.25, 0.3) is 0 Å². The minimum Gasteiger partial charge on any atom is -0.463 e. The van der Waals surface area contributed by atoms with Crippen molar-refractivity contribution < 1.29 is 172 Å². The van der Waals surface area contributed by atoms with Crippen molar-refractivity contribution >= 4 is 70.9 Å². The number of benzene rings is 8. The third-order valence-electron chi connectivity index (χ3n) is 20.1. The van der Waals surface area contributed by atoms with E-state index in [9.17, 15) is 87.8 Å². The Balaban J connectivity index is 0.000000190. The Bertz CT molecular complexity index is 6610. The predicted molar refractivity (Wildman–Crippen MR) is 511 cm³/mol. The minimum absolute atomic E-state index is 0. The van der Waals surface area contributed by atoms with Crippen LogP contribution in [0, 0.1) is 130 Å². The Hall–Kier alpha value is -14.6. The molecule has 0 atom stereocenters. The summed E-state index contributed by atoms with van der Waals surface area (Å²) in [6.07, 6.45) is -4.01. The van der Waals surface area contributed by atoms with E-state index < -0.39 is 94.5 Å². The molecule has 8 aromatic carbocycles. The Kier molecular flexibility index (Phi) is 44.1. The zero-order valence-electron chi connectivity index (χ0n) is 77.5. The molecule has 0 amide bonds. The van der Waals surface area contributed by atoms with Gasteiger partial charge in [-0.05, 0) is 115 Å². The van der Waals surface area contributed by atoms with Crippen molar-refractivity contribution in [1.82, 2.24) is 39.9 Å². The SMILES string of the molecule is CC(C)c1ccnc(-c2[c-]cc(F)nc2F)c1.CCc1ccnc(-c2[c-]cc(F)nc2F)c1.Cc1ccnc(-c2[c-]cc(F)nc2F)c1.FC(F)(F)c1c[c-]c(N2[CH-]N(c3ccccc3)C=N2)cc1.FC(F)(F)c1c[c-]c(N2[CH-]N(c3ccccc3)C=N2)cc1.FC(F)(F)c1c[c-]c(N2[CH-]N(c3ccccc3)C=N2)cc1.FC(F)(F)c1c[c-]c(N2[CH-]N(c3ccccc3)C=N2)cc1.Fc1c[c-]c(-c2ccccn2)c(F)n1.[Pt].[Pt].[Pt].[Pt]. The van der Waals surface area contributed by atoms with Gasteiger partial charge in [0.1, 0.15) is 47.6 Å². The molecule has 4 aliphatic heterocycles. The topological polar surface area (TPSA) is 178 Å². The van der Waals surface area contributed by atoms with E-state index in [0.717, 1.165) is 119 Å². The fraction of sp³-hybridized carbons (Fsp3) is 0.0943. The maximum Gasteiger partial charge on any atom is 0.370 e. The summed E-state index contributed by atoms with van der Waals surface area (Å²) in [5.74, 6) is -6.80. The van der Waals surface area contributed by atoms with Gasteiger partial charge in [0.15, 0.2) is 0 Å². The average molecular weight is 2790 g/mol. The number of anilines is 8. The molecule has 0 saturated heterocycles. The number of aryl methyl sites for hydroxylation is 2. The van der Waals surface area contributed by atoms with Crippen molar-refractivity contribution in [2.45, 2.75) is 64.7 Å². The van der Waals surface area contributed by atoms with Crippen molar-refractivity contribution in [2.75, 3.05) is 39.6 Å². The molecule has 20 rings (SSSR count). The third kappa shape index (κ3) is 34.2. The van der Waals surface area contributed by atoms with E-state index in [1.165, 1.54) is 50.5 Å². The molecule has 0 unspecified atom stereocenters. The number of para-hydroxylation sites is 4. The zero-order valence-corrected chi connectivity index (χ0v) is 86.6. The molecular formula is C106H72F20N20Pt4-12. The summed E-state index contributed by atoms with van der Waals surface area (Å²) in [6, 6.07) is 91.1. The normalized spacial score (nSPS) is 12.6. The monoisotopic (exact) mass is 2780 g/mol. The summed E-state index contributed by atoms with van der Waals surface area (Å²) in [4.78, 5) is 35.4. The first-order valence-corrected chi connectivity index (χ1v) is 43.0. The van der Waals surface area contributed by atoms with Gasteiger partial charge in [0, 0.05) is 132 Å². The first kappa shape index (κ1) is 119. The number of pyridine rings is 8. The molecule has 44 heteroatoms. The number of rotatable bonds is 14. The van der Waals surface area contributed by atoms with E-state index in [-0.39, 0.29) is 107 Å². The fourth-order valence-corrected chi connectivity index (χ4v) is 12.7. The second kappa shape index (κ2) is 55.6. The van der Waals surface area contributed by atoms with Gasteiger partial charge in [0.05, 0.1) is 25.4 Å². The number of aromatic nitrogens is 8. The molecular weight excluding hydrogens is 2710 g/mol. The molecule has 0 N–H and O–H groups in total. The number of nitrogens with zero attached hydrogens (tertiary/aromatic N) is 20. The van der Waals surface area contributed by atoms with Gasteiger partial charge in [-0.25, -0.2) is 35.1 Å². The van der Waals surface area contributed by atoms with Crippen LogP contribution in [0.15, 0.2) is 318 Å². The van der Waals surface area contributed by atoms with Crippen LogP contribution in [0.3, 0.4) is 0 Å². The Morgan fingerprint density at radius 2 is 0.553 bits per heavy atom. The van der Waals surface area contributed by atoms with Gasteiger partial charge in [-0.15, -0.1) is 75.2 Å². The van der Waals surface area contributed by atoms with Gasteiger partial charge < -0.3 is 59.6 Å². The summed E-state index contributed by atoms with van der Waals surface area (Å²) in [5.41, 5.74) is 7.49. The van der Waals surface area contributed by atoms with Crippen LogP contribution in [-0.2, 0) is 115 Å². The summed E-state index contributed by atoms with van der Waals surface area (Å²) >= 11 is 0. The van der Waals surface area contributed by atoms with E-state index in [1.54, 1.807) is 133 Å². The molecule has 16 aromatic rings. The molecule has 0 aliphatic carbocycles. The second-order valence-corrected chi connectivity index (χ2v) is 30.6. The number of hydrogen-bond donors (Lipinski definition) is 0. The summed E-state index contributed by atoms with van der Waals surface area (Å²) in [6.45, 7) is 14.6. The van der Waals surface area contributed by atoms with Gasteiger partial charge in [-0.3, -0.25) is 19.9 Å². The molecule has 788 valence electrons. The molecule has 0 fully saturated rings. The minimum atomic E-state index is -4.36. The van der Waals surface area contributed by atoms with Crippen LogP contribution in [-0.4, -0.2) is 65.2 Å². The first-order chi connectivity index (χ1) is 69.9. The number of alkyl halides is 12. The van der Waals surface area contributed by atoms with Crippen LogP contribution < -0.4 is 39.6 Å². The first-order valence-electron chi connectivity index (χ1n) is 43.0. The smallest absolute Gasteiger partial charge is 0.370 e. The van der Waals surface area contributed by atoms with E-state index in [2.05, 4.69) is 109 Å². The molecule has 20 nitrogen and oxygen atoms in total. The molecule has 8 aromatic heterocycles. The number of hydrogen-bond acceptors (Lipinski definition) is 20. The van der Waals surface area contributed by atoms with Gasteiger partial charge in [-0.1, -0.05) is 232 Å². The van der Waals surface area contributed by atoms with Crippen LogP contribution in [0.1, 0.15) is 65.6 Å². The van der Waals surface area contributed by atoms with Crippen molar-refractivity contribution in [3.05, 3.63) is 460 Å². The molecule has 0 radical (unpaired) electrons. The van der Waals surface area contributed by atoms with Crippen LogP contribution in [0.2, 0.25) is 0 Å². The summed E-state index contributed by atoms with van der Waals surface area (Å²) < 4.78 is 253. The van der Waals surface area contributed by atoms with Crippen molar-refractivity contribution in [3.8, 4) is 45.0 Å². The maximum atomic E-state index is 13.4. The zero-order chi connectivity index (χ0) is 104. The van der Waals surface area contributed by atoms with Crippen LogP contribution in [0.25, 0.3) is 45.0 Å². The van der Waals surface area contributed by atoms with Crippen molar-refractivity contribution in [1.29, 1.82) is 0 Å². The molecule has 150 heavy (non-hydrogen) atoms. The predicted octanol–water partition coefficient (Wildman–Crippen LogP) is 26.5. The van der Waals surface area contributed by atoms with E-state index in [0.29, 0.717) is 51.4 Å². The molecule has 0 saturated carbocycles. The van der Waals surface area contributed by atoms with Crippen LogP contribution in [0.5, 0.6) is 0 Å². The van der Waals surface area contributed by atoms with Gasteiger partial charge >= 0.3 is 24.7 Å². The van der Waals surface area contributed by atoms with Crippen molar-refractivity contribution in [3.63, 3.8) is 0 Å². The second-order valence-electron chi connectivity index (χ2n) is 30.6. The van der Waals surface area contributed by atoms with E-state index >= 15 is 0 Å². The Morgan fingerprint density at radius 3 is 0.807 bits per heavy atom. The molecule has 0 spiro atoms. The Labute approximate surface area is 905 Å². The molecule has 0 bridgehead atoms. The maximum absolute atomic E-state index is 13.4. The summed E-state index contributed by atoms with van der Waals surface area (Å²) in [5, 5.41) is 22.3. The molecule has 4 aliphatic rings. The fourth-order valence-electron chi connectivity index (χ4n) is 12.7. The quantitative estimate of drug-likeness (QED) is 0.0570. The largest absolute Gasteiger partial charge is 0.463 e. The number of hydrazone groups is 4. The van der Waals surface area contributed by atoms with Gasteiger partial charge in [-0.2, -0.15) is 146 Å². The standard InChI is InChI=1S/4C15H10F3N3.C13H11F2N2.C12H9F2N2.C11H7F2N2.C10H5F2N2.4Pt/c4*16-15(17,18)12-6-8-14(9-7-12)21-11-20(10-19-21)13-4-2-1-3-5-13;1-8(2)9-5-6-16-11(7-9)10-3-4-12(14)17-13(10)15;1-2-8-5-6-15-10(7-8)9-3-4-11(13)16-12(9)14;1-7-4-5-14-9(6-7)8-2-3-10(12)15-11(8)13;11-9-5-4-7(10(12)14-9)8-3-1-2-6-13-8;;;;/h4*1-8,10-11H;4-8H,1-2H3;4-7H,2H2,1H3;3-6H,1H3;1-3,5-6H;;;;/q4*-2;4*-1;;;;. The Morgan fingerprint density at radius 1 is 0.287 bits per heavy atom. The summed E-state index contributed by atoms with van der Waals surface area (Å²) in [7, 11) is 0.